The van der Waals surface area contributed by atoms with Gasteiger partial charge >= 0.3 is 0 Å². The molecule has 2 atom stereocenters. The smallest absolute Gasteiger partial charge is 0.253 e. The summed E-state index contributed by atoms with van der Waals surface area (Å²) in [6, 6.07) is 8.01. The second-order valence-corrected chi connectivity index (χ2v) is 8.85. The molecule has 1 aromatic carbocycles. The number of rotatable bonds is 8. The standard InChI is InChI=1S/C24H39N3O3/c1-5-12-25(4)22-8-6-21(7-9-22)24(28)27-13-10-23(11-14-27)29-16-15-26-17-19(2)30-20(3)18-26/h6-9,19-20,23H,5,10-18H2,1-4H3/t19-,20-/m1/s1. The van der Waals surface area contributed by atoms with Crippen molar-refractivity contribution in [3.05, 3.63) is 29.8 Å². The Morgan fingerprint density at radius 2 is 1.77 bits per heavy atom. The Kier molecular flexibility index (Phi) is 8.54. The second kappa shape index (κ2) is 11.1. The van der Waals surface area contributed by atoms with E-state index in [-0.39, 0.29) is 12.0 Å². The minimum absolute atomic E-state index is 0.134. The summed E-state index contributed by atoms with van der Waals surface area (Å²) in [5, 5.41) is 0. The van der Waals surface area contributed by atoms with Crippen molar-refractivity contribution in [1.29, 1.82) is 0 Å². The third kappa shape index (κ3) is 6.43. The van der Waals surface area contributed by atoms with Crippen LogP contribution >= 0.6 is 0 Å². The monoisotopic (exact) mass is 417 g/mol. The first-order valence-electron chi connectivity index (χ1n) is 11.6. The third-order valence-corrected chi connectivity index (χ3v) is 6.10. The van der Waals surface area contributed by atoms with Gasteiger partial charge in [0.15, 0.2) is 0 Å². The van der Waals surface area contributed by atoms with Gasteiger partial charge in [-0.15, -0.1) is 0 Å². The molecule has 6 nitrogen and oxygen atoms in total. The Bertz CT molecular complexity index is 648. The number of hydrogen-bond donors (Lipinski definition) is 0. The molecule has 0 unspecified atom stereocenters. The quantitative estimate of drug-likeness (QED) is 0.650. The zero-order valence-electron chi connectivity index (χ0n) is 19.2. The Morgan fingerprint density at radius 1 is 1.13 bits per heavy atom. The van der Waals surface area contributed by atoms with Gasteiger partial charge in [0.25, 0.3) is 5.91 Å². The van der Waals surface area contributed by atoms with Crippen molar-refractivity contribution in [2.45, 2.75) is 58.3 Å². The van der Waals surface area contributed by atoms with E-state index in [1.54, 1.807) is 0 Å². The van der Waals surface area contributed by atoms with Crippen LogP contribution in [0.2, 0.25) is 0 Å². The van der Waals surface area contributed by atoms with E-state index in [0.29, 0.717) is 12.2 Å². The van der Waals surface area contributed by atoms with Crippen molar-refractivity contribution in [1.82, 2.24) is 9.80 Å². The summed E-state index contributed by atoms with van der Waals surface area (Å²) in [7, 11) is 2.09. The van der Waals surface area contributed by atoms with Gasteiger partial charge < -0.3 is 19.3 Å². The number of carbonyl (C=O) groups excluding carboxylic acids is 1. The molecule has 0 N–H and O–H groups in total. The van der Waals surface area contributed by atoms with Gasteiger partial charge in [-0.1, -0.05) is 6.92 Å². The van der Waals surface area contributed by atoms with Crippen molar-refractivity contribution in [2.75, 3.05) is 57.8 Å². The molecule has 2 heterocycles. The summed E-state index contributed by atoms with van der Waals surface area (Å²) in [5.74, 6) is 0.134. The molecule has 2 saturated heterocycles. The highest BCUT2D eigenvalue weighted by Gasteiger charge is 2.25. The number of morpholine rings is 1. The molecule has 0 radical (unpaired) electrons. The lowest BCUT2D eigenvalue weighted by atomic mass is 10.1. The molecule has 2 aliphatic heterocycles. The van der Waals surface area contributed by atoms with Crippen LogP contribution in [-0.4, -0.2) is 86.9 Å². The zero-order valence-corrected chi connectivity index (χ0v) is 19.2. The van der Waals surface area contributed by atoms with Crippen LogP contribution in [0.4, 0.5) is 5.69 Å². The maximum absolute atomic E-state index is 12.8. The van der Waals surface area contributed by atoms with E-state index < -0.39 is 0 Å². The topological polar surface area (TPSA) is 45.2 Å². The SMILES string of the molecule is CCCN(C)c1ccc(C(=O)N2CCC(OCCN3C[C@@H](C)O[C@H](C)C3)CC2)cc1. The Hall–Kier alpha value is -1.63. The van der Waals surface area contributed by atoms with Crippen LogP contribution in [0.5, 0.6) is 0 Å². The number of benzene rings is 1. The molecule has 2 aliphatic rings. The molecule has 0 spiro atoms. The summed E-state index contributed by atoms with van der Waals surface area (Å²) in [4.78, 5) is 19.5. The molecule has 1 aromatic rings. The van der Waals surface area contributed by atoms with Crippen LogP contribution in [0.25, 0.3) is 0 Å². The first-order valence-corrected chi connectivity index (χ1v) is 11.6. The Morgan fingerprint density at radius 3 is 2.37 bits per heavy atom. The largest absolute Gasteiger partial charge is 0.377 e. The van der Waals surface area contributed by atoms with E-state index >= 15 is 0 Å². The van der Waals surface area contributed by atoms with Crippen molar-refractivity contribution >= 4 is 11.6 Å². The van der Waals surface area contributed by atoms with Gasteiger partial charge in [-0.3, -0.25) is 9.69 Å². The highest BCUT2D eigenvalue weighted by molar-refractivity contribution is 5.94. The Balaban J connectivity index is 1.39. The average molecular weight is 418 g/mol. The van der Waals surface area contributed by atoms with Crippen molar-refractivity contribution < 1.29 is 14.3 Å². The van der Waals surface area contributed by atoms with Crippen LogP contribution in [0.15, 0.2) is 24.3 Å². The molecule has 0 aliphatic carbocycles. The number of nitrogens with zero attached hydrogens (tertiary/aromatic N) is 3. The van der Waals surface area contributed by atoms with Crippen LogP contribution in [0, 0.1) is 0 Å². The van der Waals surface area contributed by atoms with E-state index in [0.717, 1.165) is 76.4 Å². The summed E-state index contributed by atoms with van der Waals surface area (Å²) in [5.41, 5.74) is 1.93. The van der Waals surface area contributed by atoms with Gasteiger partial charge in [0.1, 0.15) is 0 Å². The number of amides is 1. The molecule has 0 bridgehead atoms. The summed E-state index contributed by atoms with van der Waals surface area (Å²) < 4.78 is 11.9. The minimum atomic E-state index is 0.134. The van der Waals surface area contributed by atoms with Gasteiger partial charge in [0.05, 0.1) is 24.9 Å². The molecule has 0 aromatic heterocycles. The third-order valence-electron chi connectivity index (χ3n) is 6.10. The molecule has 2 fully saturated rings. The molecular formula is C24H39N3O3. The van der Waals surface area contributed by atoms with Crippen LogP contribution in [0.1, 0.15) is 50.4 Å². The average Bonchev–Trinajstić information content (AvgIpc) is 2.73. The van der Waals surface area contributed by atoms with Crippen molar-refractivity contribution in [3.63, 3.8) is 0 Å². The molecule has 168 valence electrons. The second-order valence-electron chi connectivity index (χ2n) is 8.85. The maximum Gasteiger partial charge on any atom is 0.253 e. The lowest BCUT2D eigenvalue weighted by molar-refractivity contribution is -0.0780. The van der Waals surface area contributed by atoms with Gasteiger partial charge in [-0.05, 0) is 57.4 Å². The summed E-state index contributed by atoms with van der Waals surface area (Å²) >= 11 is 0. The number of piperidine rings is 1. The molecule has 30 heavy (non-hydrogen) atoms. The zero-order chi connectivity index (χ0) is 21.5. The van der Waals surface area contributed by atoms with Gasteiger partial charge in [0, 0.05) is 57.6 Å². The lowest BCUT2D eigenvalue weighted by Crippen LogP contribution is -2.47. The fourth-order valence-corrected chi connectivity index (χ4v) is 4.55. The summed E-state index contributed by atoms with van der Waals surface area (Å²) in [6.07, 6.45) is 3.79. The normalized spacial score (nSPS) is 23.5. The van der Waals surface area contributed by atoms with E-state index in [9.17, 15) is 4.79 Å². The highest BCUT2D eigenvalue weighted by Crippen LogP contribution is 2.19. The Labute approximate surface area is 182 Å². The predicted octanol–water partition coefficient (Wildman–Crippen LogP) is 3.26. The summed E-state index contributed by atoms with van der Waals surface area (Å²) in [6.45, 7) is 12.7. The fraction of sp³-hybridized carbons (Fsp3) is 0.708. The van der Waals surface area contributed by atoms with Gasteiger partial charge in [-0.25, -0.2) is 0 Å². The number of carbonyl (C=O) groups is 1. The van der Waals surface area contributed by atoms with E-state index in [4.69, 9.17) is 9.47 Å². The number of hydrogen-bond acceptors (Lipinski definition) is 5. The highest BCUT2D eigenvalue weighted by atomic mass is 16.5. The van der Waals surface area contributed by atoms with E-state index in [2.05, 4.69) is 37.6 Å². The maximum atomic E-state index is 12.8. The molecular weight excluding hydrogens is 378 g/mol. The molecule has 1 amide bonds. The molecule has 3 rings (SSSR count). The number of ether oxygens (including phenoxy) is 2. The van der Waals surface area contributed by atoms with Crippen LogP contribution < -0.4 is 4.90 Å². The lowest BCUT2D eigenvalue weighted by Gasteiger charge is -2.36. The first kappa shape index (κ1) is 23.0. The fourth-order valence-electron chi connectivity index (χ4n) is 4.55. The minimum Gasteiger partial charge on any atom is -0.377 e. The van der Waals surface area contributed by atoms with Crippen LogP contribution in [-0.2, 0) is 9.47 Å². The van der Waals surface area contributed by atoms with Gasteiger partial charge in [-0.2, -0.15) is 0 Å². The number of likely N-dealkylation sites (tertiary alicyclic amines) is 1. The van der Waals surface area contributed by atoms with Gasteiger partial charge in [0.2, 0.25) is 0 Å². The van der Waals surface area contributed by atoms with Crippen LogP contribution in [0.3, 0.4) is 0 Å². The van der Waals surface area contributed by atoms with Crippen molar-refractivity contribution in [2.24, 2.45) is 0 Å². The van der Waals surface area contributed by atoms with E-state index in [1.807, 2.05) is 29.2 Å². The molecule has 6 heteroatoms. The predicted molar refractivity (Wildman–Crippen MR) is 121 cm³/mol. The van der Waals surface area contributed by atoms with Crippen molar-refractivity contribution in [3.8, 4) is 0 Å². The first-order chi connectivity index (χ1) is 14.5. The number of anilines is 1. The van der Waals surface area contributed by atoms with E-state index in [1.165, 1.54) is 0 Å². The molecule has 0 saturated carbocycles.